The van der Waals surface area contributed by atoms with Crippen LogP contribution in [0, 0.1) is 5.92 Å². The van der Waals surface area contributed by atoms with Crippen molar-refractivity contribution in [2.75, 3.05) is 18.4 Å². The lowest BCUT2D eigenvalue weighted by Gasteiger charge is -2.32. The highest BCUT2D eigenvalue weighted by Crippen LogP contribution is 2.22. The highest BCUT2D eigenvalue weighted by atomic mass is 35.5. The molecule has 6 heteroatoms. The monoisotopic (exact) mass is 399 g/mol. The summed E-state index contributed by atoms with van der Waals surface area (Å²) in [7, 11) is 0. The molecule has 1 aliphatic heterocycles. The van der Waals surface area contributed by atoms with Crippen LogP contribution in [-0.2, 0) is 4.79 Å². The average molecular weight is 400 g/mol. The molecule has 1 saturated heterocycles. The molecule has 0 aromatic heterocycles. The molecule has 0 aliphatic carbocycles. The minimum Gasteiger partial charge on any atom is -0.331 e. The Hall–Kier alpha value is -2.53. The Kier molecular flexibility index (Phi) is 6.93. The third kappa shape index (κ3) is 5.26. The normalized spacial score (nSPS) is 15.7. The molecule has 1 heterocycles. The minimum atomic E-state index is -0.0799. The number of nitrogens with one attached hydrogen (secondary N) is 2. The summed E-state index contributed by atoms with van der Waals surface area (Å²) in [5.41, 5.74) is 1.85. The molecule has 1 aliphatic rings. The van der Waals surface area contributed by atoms with Gasteiger partial charge in [0, 0.05) is 29.7 Å². The molecule has 0 spiro atoms. The summed E-state index contributed by atoms with van der Waals surface area (Å²) >= 11 is 5.95. The number of hydrogen-bond donors (Lipinski definition) is 2. The summed E-state index contributed by atoms with van der Waals surface area (Å²) < 4.78 is 0. The summed E-state index contributed by atoms with van der Waals surface area (Å²) in [6.07, 6.45) is 2.14. The van der Waals surface area contributed by atoms with Gasteiger partial charge in [0.15, 0.2) is 0 Å². The van der Waals surface area contributed by atoms with Crippen molar-refractivity contribution in [3.63, 3.8) is 0 Å². The van der Waals surface area contributed by atoms with Gasteiger partial charge in [0.2, 0.25) is 5.91 Å². The first kappa shape index (κ1) is 20.2. The predicted octanol–water partition coefficient (Wildman–Crippen LogP) is 4.85. The molecule has 2 N–H and O–H groups in total. The number of urea groups is 1. The molecule has 2 aromatic carbocycles. The Labute approximate surface area is 171 Å². The number of carbonyl (C=O) groups is 2. The number of halogens is 1. The van der Waals surface area contributed by atoms with E-state index in [0.29, 0.717) is 31.0 Å². The molecule has 1 atom stereocenters. The fraction of sp³-hybridized carbons (Fsp3) is 0.364. The van der Waals surface area contributed by atoms with E-state index in [9.17, 15) is 9.59 Å². The highest BCUT2D eigenvalue weighted by Gasteiger charge is 2.28. The molecule has 28 heavy (non-hydrogen) atoms. The fourth-order valence-corrected chi connectivity index (χ4v) is 3.59. The average Bonchev–Trinajstić information content (AvgIpc) is 2.73. The van der Waals surface area contributed by atoms with E-state index in [4.69, 9.17) is 11.6 Å². The molecule has 148 valence electrons. The van der Waals surface area contributed by atoms with Crippen molar-refractivity contribution in [2.24, 2.45) is 5.92 Å². The van der Waals surface area contributed by atoms with Gasteiger partial charge in [-0.25, -0.2) is 4.79 Å². The predicted molar refractivity (Wildman–Crippen MR) is 112 cm³/mol. The Morgan fingerprint density at radius 3 is 2.32 bits per heavy atom. The zero-order valence-corrected chi connectivity index (χ0v) is 16.8. The lowest BCUT2D eigenvalue weighted by Crippen LogP contribution is -2.47. The number of para-hydroxylation sites is 1. The van der Waals surface area contributed by atoms with Crippen LogP contribution in [0.1, 0.15) is 37.8 Å². The van der Waals surface area contributed by atoms with Crippen LogP contribution in [0.3, 0.4) is 0 Å². The first-order valence-corrected chi connectivity index (χ1v) is 10.1. The van der Waals surface area contributed by atoms with Gasteiger partial charge in [-0.2, -0.15) is 0 Å². The summed E-state index contributed by atoms with van der Waals surface area (Å²) in [5.74, 6) is -0.0404. The smallest absolute Gasteiger partial charge is 0.317 e. The second-order valence-corrected chi connectivity index (χ2v) is 7.51. The third-order valence-electron chi connectivity index (χ3n) is 5.17. The lowest BCUT2D eigenvalue weighted by atomic mass is 9.96. The van der Waals surface area contributed by atoms with Gasteiger partial charge >= 0.3 is 6.03 Å². The maximum Gasteiger partial charge on any atom is 0.317 e. The Bertz CT molecular complexity index is 787. The van der Waals surface area contributed by atoms with Gasteiger partial charge in [-0.05, 0) is 49.1 Å². The Morgan fingerprint density at radius 1 is 1.07 bits per heavy atom. The van der Waals surface area contributed by atoms with Crippen LogP contribution in [0.5, 0.6) is 0 Å². The SMILES string of the molecule is CCC(NC(=O)N1CCC(C(=O)Nc2ccccc2)CC1)c1ccc(Cl)cc1. The number of rotatable bonds is 5. The van der Waals surface area contributed by atoms with Gasteiger partial charge in [0.1, 0.15) is 0 Å². The molecule has 3 amide bonds. The summed E-state index contributed by atoms with van der Waals surface area (Å²) in [4.78, 5) is 26.9. The molecule has 3 rings (SSSR count). The lowest BCUT2D eigenvalue weighted by molar-refractivity contribution is -0.121. The number of amides is 3. The Balaban J connectivity index is 1.50. The number of likely N-dealkylation sites (tertiary alicyclic amines) is 1. The van der Waals surface area contributed by atoms with Crippen molar-refractivity contribution in [2.45, 2.75) is 32.2 Å². The number of anilines is 1. The maximum atomic E-state index is 12.7. The minimum absolute atomic E-state index is 0.0267. The van der Waals surface area contributed by atoms with Crippen LogP contribution in [-0.4, -0.2) is 29.9 Å². The standard InChI is InChI=1S/C22H26ClN3O2/c1-2-20(16-8-10-18(23)11-9-16)25-22(28)26-14-12-17(13-15-26)21(27)24-19-6-4-3-5-7-19/h3-11,17,20H,2,12-15H2,1H3,(H,24,27)(H,25,28). The first-order chi connectivity index (χ1) is 13.6. The number of piperidine rings is 1. The molecule has 1 fully saturated rings. The molecule has 5 nitrogen and oxygen atoms in total. The van der Waals surface area contributed by atoms with Gasteiger partial charge in [0.25, 0.3) is 0 Å². The molecule has 0 bridgehead atoms. The molecule has 2 aromatic rings. The molecular formula is C22H26ClN3O2. The number of benzene rings is 2. The van der Waals surface area contributed by atoms with Gasteiger partial charge in [-0.1, -0.05) is 48.9 Å². The van der Waals surface area contributed by atoms with E-state index in [1.807, 2.05) is 61.5 Å². The topological polar surface area (TPSA) is 61.4 Å². The summed E-state index contributed by atoms with van der Waals surface area (Å²) in [6, 6.07) is 16.9. The third-order valence-corrected chi connectivity index (χ3v) is 5.42. The van der Waals surface area contributed by atoms with Crippen LogP contribution in [0.2, 0.25) is 5.02 Å². The second kappa shape index (κ2) is 9.60. The molecule has 0 saturated carbocycles. The quantitative estimate of drug-likeness (QED) is 0.754. The van der Waals surface area contributed by atoms with E-state index in [1.165, 1.54) is 0 Å². The van der Waals surface area contributed by atoms with E-state index in [1.54, 1.807) is 4.90 Å². The van der Waals surface area contributed by atoms with Crippen molar-refractivity contribution in [1.29, 1.82) is 0 Å². The van der Waals surface area contributed by atoms with Crippen LogP contribution < -0.4 is 10.6 Å². The van der Waals surface area contributed by atoms with E-state index < -0.39 is 0 Å². The van der Waals surface area contributed by atoms with E-state index in [2.05, 4.69) is 10.6 Å². The number of hydrogen-bond acceptors (Lipinski definition) is 2. The van der Waals surface area contributed by atoms with Gasteiger partial charge < -0.3 is 15.5 Å². The van der Waals surface area contributed by atoms with Crippen LogP contribution in [0.25, 0.3) is 0 Å². The van der Waals surface area contributed by atoms with Crippen molar-refractivity contribution < 1.29 is 9.59 Å². The van der Waals surface area contributed by atoms with Gasteiger partial charge in [-0.3, -0.25) is 4.79 Å². The summed E-state index contributed by atoms with van der Waals surface area (Å²) in [5, 5.41) is 6.73. The number of carbonyl (C=O) groups excluding carboxylic acids is 2. The van der Waals surface area contributed by atoms with Gasteiger partial charge in [-0.15, -0.1) is 0 Å². The van der Waals surface area contributed by atoms with Crippen molar-refractivity contribution in [3.05, 3.63) is 65.2 Å². The van der Waals surface area contributed by atoms with Crippen LogP contribution in [0.15, 0.2) is 54.6 Å². The molecular weight excluding hydrogens is 374 g/mol. The second-order valence-electron chi connectivity index (χ2n) is 7.08. The Morgan fingerprint density at radius 2 is 1.71 bits per heavy atom. The van der Waals surface area contributed by atoms with E-state index >= 15 is 0 Å². The number of nitrogens with zero attached hydrogens (tertiary/aromatic N) is 1. The zero-order chi connectivity index (χ0) is 19.9. The summed E-state index contributed by atoms with van der Waals surface area (Å²) in [6.45, 7) is 3.20. The first-order valence-electron chi connectivity index (χ1n) is 9.73. The molecule has 1 unspecified atom stereocenters. The zero-order valence-electron chi connectivity index (χ0n) is 16.0. The fourth-order valence-electron chi connectivity index (χ4n) is 3.47. The highest BCUT2D eigenvalue weighted by molar-refractivity contribution is 6.30. The van der Waals surface area contributed by atoms with Gasteiger partial charge in [0.05, 0.1) is 6.04 Å². The van der Waals surface area contributed by atoms with Crippen molar-refractivity contribution in [3.8, 4) is 0 Å². The largest absolute Gasteiger partial charge is 0.331 e. The van der Waals surface area contributed by atoms with E-state index in [0.717, 1.165) is 17.7 Å². The van der Waals surface area contributed by atoms with Crippen LogP contribution >= 0.6 is 11.6 Å². The van der Waals surface area contributed by atoms with Crippen LogP contribution in [0.4, 0.5) is 10.5 Å². The molecule has 0 radical (unpaired) electrons. The maximum absolute atomic E-state index is 12.7. The van der Waals surface area contributed by atoms with E-state index in [-0.39, 0.29) is 23.9 Å². The van der Waals surface area contributed by atoms with Crippen molar-refractivity contribution in [1.82, 2.24) is 10.2 Å². The van der Waals surface area contributed by atoms with Crippen molar-refractivity contribution >= 4 is 29.2 Å².